The Hall–Kier alpha value is -0.710. The molecule has 114 valence electrons. The molecular weight excluding hydrogens is 270 g/mol. The number of ether oxygens (including phenoxy) is 1. The van der Waals surface area contributed by atoms with Gasteiger partial charge in [0.25, 0.3) is 0 Å². The molecule has 20 heavy (non-hydrogen) atoms. The zero-order valence-corrected chi connectivity index (χ0v) is 13.6. The van der Waals surface area contributed by atoms with Gasteiger partial charge in [0.2, 0.25) is 0 Å². The first-order chi connectivity index (χ1) is 9.52. The van der Waals surface area contributed by atoms with E-state index < -0.39 is 10.8 Å². The third kappa shape index (κ3) is 6.64. The van der Waals surface area contributed by atoms with Crippen LogP contribution in [0.2, 0.25) is 0 Å². The van der Waals surface area contributed by atoms with Crippen molar-refractivity contribution in [2.75, 3.05) is 25.2 Å². The number of hydrogen-bond donors (Lipinski definition) is 1. The third-order valence-corrected chi connectivity index (χ3v) is 4.61. The Labute approximate surface area is 125 Å². The molecule has 2 atom stereocenters. The van der Waals surface area contributed by atoms with Crippen LogP contribution in [-0.4, -0.2) is 29.4 Å². The molecule has 1 rings (SSSR count). The summed E-state index contributed by atoms with van der Waals surface area (Å²) in [6.07, 6.45) is 1.90. The minimum atomic E-state index is -0.872. The molecule has 2 unspecified atom stereocenters. The number of hydrogen-bond acceptors (Lipinski definition) is 3. The topological polar surface area (TPSA) is 52.3 Å². The van der Waals surface area contributed by atoms with Crippen LogP contribution in [0.3, 0.4) is 0 Å². The first-order valence-electron chi connectivity index (χ1n) is 7.21. The number of rotatable bonds is 9. The molecule has 0 fully saturated rings. The van der Waals surface area contributed by atoms with Gasteiger partial charge in [0.1, 0.15) is 0 Å². The maximum Gasteiger partial charge on any atom is 0.0471 e. The molecule has 4 heteroatoms. The van der Waals surface area contributed by atoms with Gasteiger partial charge in [0.05, 0.1) is 0 Å². The third-order valence-electron chi connectivity index (χ3n) is 3.14. The van der Waals surface area contributed by atoms with Gasteiger partial charge in [-0.3, -0.25) is 4.21 Å². The molecule has 0 aliphatic rings. The second-order valence-corrected chi connectivity index (χ2v) is 7.22. The van der Waals surface area contributed by atoms with Crippen molar-refractivity contribution >= 4 is 10.8 Å². The van der Waals surface area contributed by atoms with Crippen LogP contribution in [-0.2, 0) is 22.0 Å². The highest BCUT2D eigenvalue weighted by Crippen LogP contribution is 2.15. The molecule has 0 saturated carbocycles. The fraction of sp³-hybridized carbons (Fsp3) is 0.625. The number of benzene rings is 1. The number of nitrogens with two attached hydrogens (primary N) is 1. The predicted molar refractivity (Wildman–Crippen MR) is 86.3 cm³/mol. The molecule has 1 aromatic rings. The van der Waals surface area contributed by atoms with Crippen molar-refractivity contribution in [2.45, 2.75) is 32.7 Å². The largest absolute Gasteiger partial charge is 0.385 e. The maximum atomic E-state index is 11.9. The van der Waals surface area contributed by atoms with Crippen LogP contribution < -0.4 is 5.73 Å². The highest BCUT2D eigenvalue weighted by Gasteiger charge is 2.10. The summed E-state index contributed by atoms with van der Waals surface area (Å²) in [5, 5.41) is 0. The molecule has 0 spiro atoms. The van der Waals surface area contributed by atoms with E-state index in [1.807, 2.05) is 0 Å². The van der Waals surface area contributed by atoms with Crippen LogP contribution in [0, 0.1) is 5.92 Å². The van der Waals surface area contributed by atoms with Gasteiger partial charge in [0.15, 0.2) is 0 Å². The Morgan fingerprint density at radius 2 is 1.90 bits per heavy atom. The van der Waals surface area contributed by atoms with E-state index in [1.54, 1.807) is 7.11 Å². The monoisotopic (exact) mass is 297 g/mol. The second-order valence-electron chi connectivity index (χ2n) is 5.60. The van der Waals surface area contributed by atoms with Crippen LogP contribution in [0.4, 0.5) is 0 Å². The Morgan fingerprint density at radius 1 is 1.25 bits per heavy atom. The molecule has 0 radical (unpaired) electrons. The molecule has 0 bridgehead atoms. The van der Waals surface area contributed by atoms with Crippen molar-refractivity contribution < 1.29 is 8.95 Å². The highest BCUT2D eigenvalue weighted by atomic mass is 32.2. The van der Waals surface area contributed by atoms with E-state index in [0.29, 0.717) is 24.0 Å². The van der Waals surface area contributed by atoms with Crippen LogP contribution in [0.15, 0.2) is 24.3 Å². The lowest BCUT2D eigenvalue weighted by Crippen LogP contribution is -2.20. The fourth-order valence-electron chi connectivity index (χ4n) is 2.12. The molecule has 0 aliphatic heterocycles. The van der Waals surface area contributed by atoms with Gasteiger partial charge in [0, 0.05) is 42.1 Å². The maximum absolute atomic E-state index is 11.9. The van der Waals surface area contributed by atoms with Crippen molar-refractivity contribution in [1.82, 2.24) is 0 Å². The fourth-order valence-corrected chi connectivity index (χ4v) is 3.32. The second kappa shape index (κ2) is 9.27. The van der Waals surface area contributed by atoms with Gasteiger partial charge in [-0.15, -0.1) is 0 Å². The molecule has 0 aliphatic carbocycles. The minimum Gasteiger partial charge on any atom is -0.385 e. The van der Waals surface area contributed by atoms with E-state index in [-0.39, 0.29) is 6.04 Å². The summed E-state index contributed by atoms with van der Waals surface area (Å²) in [4.78, 5) is 0. The van der Waals surface area contributed by atoms with Crippen molar-refractivity contribution in [3.05, 3.63) is 35.4 Å². The summed E-state index contributed by atoms with van der Waals surface area (Å²) in [5.41, 5.74) is 8.53. The smallest absolute Gasteiger partial charge is 0.0471 e. The Morgan fingerprint density at radius 3 is 2.45 bits per heavy atom. The van der Waals surface area contributed by atoms with Gasteiger partial charge in [-0.2, -0.15) is 0 Å². The molecule has 3 nitrogen and oxygen atoms in total. The van der Waals surface area contributed by atoms with Crippen LogP contribution >= 0.6 is 0 Å². The summed E-state index contributed by atoms with van der Waals surface area (Å²) < 4.78 is 16.9. The Kier molecular flexibility index (Phi) is 8.04. The van der Waals surface area contributed by atoms with Gasteiger partial charge >= 0.3 is 0 Å². The highest BCUT2D eigenvalue weighted by molar-refractivity contribution is 7.85. The molecule has 2 N–H and O–H groups in total. The van der Waals surface area contributed by atoms with Gasteiger partial charge in [-0.25, -0.2) is 0 Å². The van der Waals surface area contributed by atoms with E-state index in [1.165, 1.54) is 5.56 Å². The molecule has 0 amide bonds. The average Bonchev–Trinajstić information content (AvgIpc) is 2.39. The Balaban J connectivity index is 2.46. The summed E-state index contributed by atoms with van der Waals surface area (Å²) in [6.45, 7) is 5.08. The normalized spacial score (nSPS) is 14.4. The summed E-state index contributed by atoms with van der Waals surface area (Å²) >= 11 is 0. The lowest BCUT2D eigenvalue weighted by Gasteiger charge is -2.13. The Bertz CT molecular complexity index is 403. The zero-order valence-electron chi connectivity index (χ0n) is 12.8. The van der Waals surface area contributed by atoms with E-state index in [9.17, 15) is 4.21 Å². The van der Waals surface area contributed by atoms with E-state index in [2.05, 4.69) is 38.1 Å². The quantitative estimate of drug-likeness (QED) is 0.713. The van der Waals surface area contributed by atoms with E-state index in [0.717, 1.165) is 18.4 Å². The first-order valence-corrected chi connectivity index (χ1v) is 8.70. The summed E-state index contributed by atoms with van der Waals surface area (Å²) in [6, 6.07) is 8.24. The van der Waals surface area contributed by atoms with E-state index in [4.69, 9.17) is 10.5 Å². The van der Waals surface area contributed by atoms with Crippen molar-refractivity contribution in [1.29, 1.82) is 0 Å². The lowest BCUT2D eigenvalue weighted by atomic mass is 10.0. The standard InChI is InChI=1S/C16H27NO2S/c1-13(2)11-14-5-7-15(8-6-14)16(17)12-20(18)10-4-9-19-3/h5-8,13,16H,4,9-12,17H2,1-3H3. The van der Waals surface area contributed by atoms with Crippen LogP contribution in [0.25, 0.3) is 0 Å². The lowest BCUT2D eigenvalue weighted by molar-refractivity contribution is 0.200. The summed E-state index contributed by atoms with van der Waals surface area (Å²) in [5.74, 6) is 1.84. The van der Waals surface area contributed by atoms with Crippen LogP contribution in [0.5, 0.6) is 0 Å². The molecule has 0 saturated heterocycles. The van der Waals surface area contributed by atoms with Crippen molar-refractivity contribution in [3.63, 3.8) is 0 Å². The SMILES string of the molecule is COCCCS(=O)CC(N)c1ccc(CC(C)C)cc1. The van der Waals surface area contributed by atoms with Crippen molar-refractivity contribution in [2.24, 2.45) is 11.7 Å². The van der Waals surface area contributed by atoms with Gasteiger partial charge in [-0.05, 0) is 29.9 Å². The minimum absolute atomic E-state index is 0.147. The molecule has 0 aromatic heterocycles. The molecular formula is C16H27NO2S. The first kappa shape index (κ1) is 17.3. The van der Waals surface area contributed by atoms with Gasteiger partial charge in [-0.1, -0.05) is 38.1 Å². The zero-order chi connectivity index (χ0) is 15.0. The molecule has 1 aromatic carbocycles. The van der Waals surface area contributed by atoms with Gasteiger partial charge < -0.3 is 10.5 Å². The number of methoxy groups -OCH3 is 1. The van der Waals surface area contributed by atoms with Crippen LogP contribution in [0.1, 0.15) is 37.4 Å². The average molecular weight is 297 g/mol. The van der Waals surface area contributed by atoms with E-state index >= 15 is 0 Å². The summed E-state index contributed by atoms with van der Waals surface area (Å²) in [7, 11) is 0.789. The molecule has 0 heterocycles. The van der Waals surface area contributed by atoms with Crippen molar-refractivity contribution in [3.8, 4) is 0 Å². The predicted octanol–water partition coefficient (Wildman–Crippen LogP) is 2.67.